The summed E-state index contributed by atoms with van der Waals surface area (Å²) in [5.41, 5.74) is 0. The smallest absolute Gasteiger partial charge is 0.191 e. The van der Waals surface area contributed by atoms with Crippen LogP contribution in [0.3, 0.4) is 0 Å². The molecule has 0 aromatic heterocycles. The standard InChI is InChI=1S/C11F25N/c12-1(13,6(22,23)24)3(16,17)9(31,32)37(11(35,36)5(20,21)8(28,29)30)10(33,34)4(18,19)2(14,15)7(25,26)27. The quantitative estimate of drug-likeness (QED) is 0.197. The van der Waals surface area contributed by atoms with Crippen molar-refractivity contribution >= 4 is 0 Å². The third-order valence-corrected chi connectivity index (χ3v) is 3.83. The highest BCUT2D eigenvalue weighted by Gasteiger charge is 2.95. The predicted molar refractivity (Wildman–Crippen MR) is 59.6 cm³/mol. The molecule has 0 aliphatic carbocycles. The molecule has 0 heterocycles. The van der Waals surface area contributed by atoms with Crippen LogP contribution in [0.2, 0.25) is 0 Å². The molecule has 0 aliphatic heterocycles. The monoisotopic (exact) mass is 621 g/mol. The second kappa shape index (κ2) is 8.35. The van der Waals surface area contributed by atoms with Gasteiger partial charge in [-0.2, -0.15) is 110 Å². The van der Waals surface area contributed by atoms with Gasteiger partial charge < -0.3 is 0 Å². The largest absolute Gasteiger partial charge is 0.461 e. The lowest BCUT2D eigenvalue weighted by Crippen LogP contribution is -2.80. The summed E-state index contributed by atoms with van der Waals surface area (Å²) in [4.78, 5) is -5.92. The molecule has 0 aromatic rings. The molecule has 0 fully saturated rings. The predicted octanol–water partition coefficient (Wildman–Crippen LogP) is 7.93. The van der Waals surface area contributed by atoms with Gasteiger partial charge in [-0.3, -0.25) is 0 Å². The van der Waals surface area contributed by atoms with E-state index in [0.29, 0.717) is 0 Å². The summed E-state index contributed by atoms with van der Waals surface area (Å²) in [5.74, 6) is -45.3. The molecule has 0 unspecified atom stereocenters. The van der Waals surface area contributed by atoms with Gasteiger partial charge in [0.15, 0.2) is 0 Å². The molecule has 0 aliphatic rings. The Labute approximate surface area is 182 Å². The van der Waals surface area contributed by atoms with Gasteiger partial charge in [0.25, 0.3) is 0 Å². The Morgan fingerprint density at radius 1 is 0.216 bits per heavy atom. The molecule has 1 nitrogen and oxygen atoms in total. The Kier molecular flexibility index (Phi) is 7.95. The van der Waals surface area contributed by atoms with Gasteiger partial charge in [-0.15, -0.1) is 4.90 Å². The first kappa shape index (κ1) is 35.2. The maximum Gasteiger partial charge on any atom is 0.461 e. The highest BCUT2D eigenvalue weighted by molar-refractivity contribution is 5.10. The van der Waals surface area contributed by atoms with E-state index in [0.717, 1.165) is 0 Å². The number of nitrogens with zero attached hydrogens (tertiary/aromatic N) is 1. The van der Waals surface area contributed by atoms with Crippen LogP contribution in [0.25, 0.3) is 0 Å². The molecule has 26 heteroatoms. The minimum atomic E-state index is -9.58. The fourth-order valence-electron chi connectivity index (χ4n) is 1.85. The summed E-state index contributed by atoms with van der Waals surface area (Å²) in [5, 5.41) is 0. The lowest BCUT2D eigenvalue weighted by molar-refractivity contribution is -0.526. The van der Waals surface area contributed by atoms with Crippen LogP contribution in [0.4, 0.5) is 110 Å². The molecule has 0 bridgehead atoms. The van der Waals surface area contributed by atoms with Gasteiger partial charge in [0.1, 0.15) is 0 Å². The second-order valence-electron chi connectivity index (χ2n) is 6.32. The van der Waals surface area contributed by atoms with Crippen molar-refractivity contribution < 1.29 is 110 Å². The zero-order valence-corrected chi connectivity index (χ0v) is 15.4. The molecular formula is C11F25N. The highest BCUT2D eigenvalue weighted by atomic mass is 19.4. The van der Waals surface area contributed by atoms with E-state index in [1.807, 2.05) is 0 Å². The van der Waals surface area contributed by atoms with Gasteiger partial charge in [0, 0.05) is 0 Å². The van der Waals surface area contributed by atoms with Crippen molar-refractivity contribution in [2.45, 2.75) is 66.3 Å². The van der Waals surface area contributed by atoms with Crippen LogP contribution >= 0.6 is 0 Å². The normalized spacial score (nSPS) is 17.0. The summed E-state index contributed by atoms with van der Waals surface area (Å²) >= 11 is 0. The average Bonchev–Trinajstić information content (AvgIpc) is 2.56. The van der Waals surface area contributed by atoms with Crippen molar-refractivity contribution in [3.8, 4) is 0 Å². The van der Waals surface area contributed by atoms with Crippen molar-refractivity contribution in [3.63, 3.8) is 0 Å². The van der Waals surface area contributed by atoms with Gasteiger partial charge in [0.2, 0.25) is 0 Å². The van der Waals surface area contributed by atoms with E-state index in [1.54, 1.807) is 0 Å². The van der Waals surface area contributed by atoms with Gasteiger partial charge >= 0.3 is 66.3 Å². The van der Waals surface area contributed by atoms with Crippen molar-refractivity contribution in [1.82, 2.24) is 4.90 Å². The van der Waals surface area contributed by atoms with Crippen LogP contribution in [0.5, 0.6) is 0 Å². The van der Waals surface area contributed by atoms with Crippen molar-refractivity contribution in [2.75, 3.05) is 0 Å². The molecule has 0 amide bonds. The maximum absolute atomic E-state index is 13.7. The molecular weight excluding hydrogens is 621 g/mol. The summed E-state index contributed by atoms with van der Waals surface area (Å²) in [7, 11) is 0. The third-order valence-electron chi connectivity index (χ3n) is 3.83. The zero-order chi connectivity index (χ0) is 31.1. The van der Waals surface area contributed by atoms with Gasteiger partial charge in [-0.25, -0.2) is 0 Å². The minimum absolute atomic E-state index is 5.92. The fourth-order valence-corrected chi connectivity index (χ4v) is 1.85. The van der Waals surface area contributed by atoms with Gasteiger partial charge in [-0.05, 0) is 0 Å². The number of hydrogen-bond acceptors (Lipinski definition) is 1. The average molecular weight is 621 g/mol. The first-order valence-electron chi connectivity index (χ1n) is 7.40. The Morgan fingerprint density at radius 3 is 0.541 bits per heavy atom. The molecule has 0 saturated heterocycles. The van der Waals surface area contributed by atoms with E-state index in [9.17, 15) is 110 Å². The van der Waals surface area contributed by atoms with Crippen LogP contribution < -0.4 is 0 Å². The Morgan fingerprint density at radius 2 is 0.378 bits per heavy atom. The van der Waals surface area contributed by atoms with E-state index in [1.165, 1.54) is 0 Å². The van der Waals surface area contributed by atoms with E-state index >= 15 is 0 Å². The van der Waals surface area contributed by atoms with Crippen LogP contribution in [0.15, 0.2) is 0 Å². The first-order chi connectivity index (χ1) is 15.4. The first-order valence-corrected chi connectivity index (χ1v) is 7.40. The van der Waals surface area contributed by atoms with Crippen LogP contribution in [-0.2, 0) is 0 Å². The molecule has 0 saturated carbocycles. The summed E-state index contributed by atoms with van der Waals surface area (Å²) in [6, 6.07) is -28.6. The summed E-state index contributed by atoms with van der Waals surface area (Å²) in [6.07, 6.45) is -25.1. The molecule has 224 valence electrons. The van der Waals surface area contributed by atoms with E-state index in [-0.39, 0.29) is 0 Å². The molecule has 0 atom stereocenters. The second-order valence-corrected chi connectivity index (χ2v) is 6.32. The highest BCUT2D eigenvalue weighted by Crippen LogP contribution is 2.64. The minimum Gasteiger partial charge on any atom is -0.191 e. The van der Waals surface area contributed by atoms with Crippen LogP contribution in [-0.4, -0.2) is 71.2 Å². The Balaban J connectivity index is 7.97. The maximum atomic E-state index is 13.7. The lowest BCUT2D eigenvalue weighted by Gasteiger charge is -2.48. The van der Waals surface area contributed by atoms with E-state index < -0.39 is 71.2 Å². The molecule has 0 N–H and O–H groups in total. The number of halogens is 25. The lowest BCUT2D eigenvalue weighted by atomic mass is 10.0. The Hall–Kier alpha value is -1.79. The molecule has 0 aromatic carbocycles. The number of alkyl halides is 25. The number of hydrogen-bond donors (Lipinski definition) is 0. The third kappa shape index (κ3) is 4.56. The SMILES string of the molecule is FC(F)(F)C(F)(F)C(F)(F)N(C(F)(F)C(F)(F)C(F)(F)C(F)(F)F)C(F)(F)C(F)(F)C(F)(F)C(F)(F)F. The fraction of sp³-hybridized carbons (Fsp3) is 1.00. The zero-order valence-electron chi connectivity index (χ0n) is 15.4. The molecule has 0 spiro atoms. The summed E-state index contributed by atoms with van der Waals surface area (Å²) < 4.78 is 321. The van der Waals surface area contributed by atoms with Crippen LogP contribution in [0.1, 0.15) is 0 Å². The molecule has 0 radical (unpaired) electrons. The summed E-state index contributed by atoms with van der Waals surface area (Å²) in [6.45, 7) is 0. The van der Waals surface area contributed by atoms with Gasteiger partial charge in [0.05, 0.1) is 0 Å². The van der Waals surface area contributed by atoms with Crippen molar-refractivity contribution in [2.24, 2.45) is 0 Å². The van der Waals surface area contributed by atoms with Crippen molar-refractivity contribution in [1.29, 1.82) is 0 Å². The van der Waals surface area contributed by atoms with Gasteiger partial charge in [-0.1, -0.05) is 0 Å². The number of rotatable bonds is 8. The topological polar surface area (TPSA) is 3.24 Å². The van der Waals surface area contributed by atoms with Crippen molar-refractivity contribution in [3.05, 3.63) is 0 Å². The molecule has 0 rings (SSSR count). The van der Waals surface area contributed by atoms with Crippen LogP contribution in [0, 0.1) is 0 Å². The van der Waals surface area contributed by atoms with E-state index in [2.05, 4.69) is 0 Å². The Bertz CT molecular complexity index is 771. The van der Waals surface area contributed by atoms with E-state index in [4.69, 9.17) is 0 Å². The molecule has 37 heavy (non-hydrogen) atoms.